The number of likely N-dealkylation sites (tertiary alicyclic amines) is 1. The third kappa shape index (κ3) is 4.56. The van der Waals surface area contributed by atoms with E-state index in [9.17, 15) is 23.1 Å². The lowest BCUT2D eigenvalue weighted by molar-refractivity contribution is -0.201. The van der Waals surface area contributed by atoms with E-state index in [0.29, 0.717) is 42.4 Å². The molecule has 0 aromatic heterocycles. The molecular formula is C35H41F3N2O4. The summed E-state index contributed by atoms with van der Waals surface area (Å²) in [6, 6.07) is 8.72. The van der Waals surface area contributed by atoms with Gasteiger partial charge in [-0.25, -0.2) is 0 Å². The number of amides is 1. The van der Waals surface area contributed by atoms with Crippen LogP contribution in [0.5, 0.6) is 11.5 Å². The van der Waals surface area contributed by atoms with Crippen LogP contribution in [-0.2, 0) is 22.8 Å². The normalized spacial score (nSPS) is 30.8. The first-order valence-electron chi connectivity index (χ1n) is 16.0. The van der Waals surface area contributed by atoms with Crippen LogP contribution in [-0.4, -0.2) is 71.3 Å². The molecule has 44 heavy (non-hydrogen) atoms. The van der Waals surface area contributed by atoms with Crippen molar-refractivity contribution in [3.8, 4) is 11.5 Å². The molecule has 9 heteroatoms. The van der Waals surface area contributed by atoms with Crippen molar-refractivity contribution in [1.29, 1.82) is 0 Å². The molecule has 1 saturated heterocycles. The van der Waals surface area contributed by atoms with Gasteiger partial charge >= 0.3 is 6.18 Å². The molecule has 2 bridgehead atoms. The Bertz CT molecular complexity index is 1490. The number of nitrogens with zero attached hydrogens (tertiary/aromatic N) is 2. The molecule has 2 aromatic rings. The summed E-state index contributed by atoms with van der Waals surface area (Å²) in [6.45, 7) is 6.43. The van der Waals surface area contributed by atoms with Crippen LogP contribution >= 0.6 is 0 Å². The third-order valence-corrected chi connectivity index (χ3v) is 10.8. The van der Waals surface area contributed by atoms with Crippen LogP contribution < -0.4 is 9.47 Å². The highest BCUT2D eigenvalue weighted by atomic mass is 19.4. The van der Waals surface area contributed by atoms with Gasteiger partial charge in [-0.05, 0) is 92.3 Å². The summed E-state index contributed by atoms with van der Waals surface area (Å²) in [7, 11) is 1.63. The van der Waals surface area contributed by atoms with Crippen molar-refractivity contribution in [2.45, 2.75) is 87.8 Å². The first-order chi connectivity index (χ1) is 21.0. The van der Waals surface area contributed by atoms with Crippen LogP contribution in [0.2, 0.25) is 0 Å². The van der Waals surface area contributed by atoms with E-state index in [2.05, 4.69) is 11.0 Å². The molecule has 5 aliphatic rings. The van der Waals surface area contributed by atoms with Gasteiger partial charge in [-0.2, -0.15) is 13.2 Å². The molecule has 2 aliphatic heterocycles. The summed E-state index contributed by atoms with van der Waals surface area (Å²) in [4.78, 5) is 18.3. The molecule has 1 N–H and O–H groups in total. The predicted molar refractivity (Wildman–Crippen MR) is 160 cm³/mol. The Morgan fingerprint density at radius 1 is 1.20 bits per heavy atom. The molecule has 6 nitrogen and oxygen atoms in total. The molecule has 2 heterocycles. The predicted octanol–water partition coefficient (Wildman–Crippen LogP) is 5.84. The lowest BCUT2D eigenvalue weighted by Gasteiger charge is -2.65. The van der Waals surface area contributed by atoms with Gasteiger partial charge in [0.05, 0.1) is 29.7 Å². The highest BCUT2D eigenvalue weighted by Crippen LogP contribution is 2.66. The van der Waals surface area contributed by atoms with Gasteiger partial charge in [-0.1, -0.05) is 32.0 Å². The van der Waals surface area contributed by atoms with Gasteiger partial charge < -0.3 is 19.5 Å². The summed E-state index contributed by atoms with van der Waals surface area (Å²) in [6.07, 6.45) is 3.00. The maximum Gasteiger partial charge on any atom is 0.416 e. The standard InChI is InChI=1S/C35H41F3N2O4/c1-21(2)19-40(29(41)12-9-22-5-4-6-25(17-22)35(36,37)38)26-13-14-34(42)28-18-24-10-11-27(43-3)31-30(24)33(34,32(26)44-31)15-16-39(28)20-23-7-8-23/h4-6,9-12,17,21,23,26,28,32,42H,7-8,13-16,18-20H2,1-3H3/t26-,28+,32-,33-,34+/m0/s1. The Morgan fingerprint density at radius 3 is 2.70 bits per heavy atom. The summed E-state index contributed by atoms with van der Waals surface area (Å²) >= 11 is 0. The van der Waals surface area contributed by atoms with Crippen molar-refractivity contribution in [2.24, 2.45) is 11.8 Å². The molecule has 2 saturated carbocycles. The van der Waals surface area contributed by atoms with Gasteiger partial charge in [0.15, 0.2) is 11.5 Å². The molecular weight excluding hydrogens is 569 g/mol. The first-order valence-corrected chi connectivity index (χ1v) is 16.0. The lowest BCUT2D eigenvalue weighted by Crippen LogP contribution is -2.78. The van der Waals surface area contributed by atoms with Gasteiger partial charge in [0.2, 0.25) is 5.91 Å². The zero-order valence-corrected chi connectivity index (χ0v) is 25.6. The molecule has 1 spiro atoms. The number of ether oxygens (including phenoxy) is 2. The summed E-state index contributed by atoms with van der Waals surface area (Å²) in [5, 5.41) is 12.9. The van der Waals surface area contributed by atoms with E-state index < -0.39 is 28.9 Å². The number of piperidine rings is 1. The minimum Gasteiger partial charge on any atom is -0.493 e. The topological polar surface area (TPSA) is 62.2 Å². The van der Waals surface area contributed by atoms with Crippen LogP contribution in [0.3, 0.4) is 0 Å². The number of alkyl halides is 3. The van der Waals surface area contributed by atoms with E-state index in [1.54, 1.807) is 13.2 Å². The third-order valence-electron chi connectivity index (χ3n) is 10.8. The van der Waals surface area contributed by atoms with Crippen molar-refractivity contribution >= 4 is 12.0 Å². The molecule has 0 unspecified atom stereocenters. The quantitative estimate of drug-likeness (QED) is 0.381. The number of halogens is 3. The number of carbonyl (C=O) groups is 1. The Balaban J connectivity index is 1.26. The zero-order chi connectivity index (χ0) is 31.0. The van der Waals surface area contributed by atoms with Crippen LogP contribution in [0.1, 0.15) is 68.2 Å². The highest BCUT2D eigenvalue weighted by molar-refractivity contribution is 5.92. The SMILES string of the molecule is COc1ccc2c3c1O[C@H]1[C@@H](N(CC(C)C)C(=O)C=Cc4cccc(C(F)(F)F)c4)CC[C@@]4(O)[C@@H](C2)N(CC2CC2)CC[C@]314. The van der Waals surface area contributed by atoms with Crippen LogP contribution in [0, 0.1) is 11.8 Å². The van der Waals surface area contributed by atoms with Crippen molar-refractivity contribution in [3.63, 3.8) is 0 Å². The van der Waals surface area contributed by atoms with E-state index in [1.165, 1.54) is 36.6 Å². The minimum atomic E-state index is -4.46. The van der Waals surface area contributed by atoms with E-state index in [1.807, 2.05) is 24.8 Å². The number of rotatable bonds is 8. The van der Waals surface area contributed by atoms with E-state index in [4.69, 9.17) is 9.47 Å². The van der Waals surface area contributed by atoms with Crippen molar-refractivity contribution < 1.29 is 32.5 Å². The summed E-state index contributed by atoms with van der Waals surface area (Å²) < 4.78 is 52.6. The first kappa shape index (κ1) is 29.7. The molecule has 236 valence electrons. The molecule has 2 aromatic carbocycles. The van der Waals surface area contributed by atoms with Crippen LogP contribution in [0.15, 0.2) is 42.5 Å². The fourth-order valence-corrected chi connectivity index (χ4v) is 8.79. The van der Waals surface area contributed by atoms with Gasteiger partial charge in [0, 0.05) is 30.8 Å². The van der Waals surface area contributed by atoms with Gasteiger partial charge in [-0.15, -0.1) is 0 Å². The van der Waals surface area contributed by atoms with E-state index in [-0.39, 0.29) is 23.9 Å². The average molecular weight is 611 g/mol. The summed E-state index contributed by atoms with van der Waals surface area (Å²) in [5.74, 6) is 1.90. The lowest BCUT2D eigenvalue weighted by atomic mass is 9.48. The van der Waals surface area contributed by atoms with E-state index >= 15 is 0 Å². The van der Waals surface area contributed by atoms with Crippen molar-refractivity contribution in [3.05, 3.63) is 64.7 Å². The zero-order valence-electron chi connectivity index (χ0n) is 25.6. The largest absolute Gasteiger partial charge is 0.493 e. The maximum atomic E-state index is 14.0. The molecule has 3 fully saturated rings. The fourth-order valence-electron chi connectivity index (χ4n) is 8.79. The Labute approximate surface area is 256 Å². The molecule has 1 amide bonds. The Hall–Kier alpha value is -3.04. The Morgan fingerprint density at radius 2 is 2.00 bits per heavy atom. The monoisotopic (exact) mass is 610 g/mol. The van der Waals surface area contributed by atoms with Crippen LogP contribution in [0.25, 0.3) is 6.08 Å². The van der Waals surface area contributed by atoms with E-state index in [0.717, 1.165) is 43.6 Å². The van der Waals surface area contributed by atoms with Crippen molar-refractivity contribution in [1.82, 2.24) is 9.80 Å². The van der Waals surface area contributed by atoms with Gasteiger partial charge in [-0.3, -0.25) is 9.69 Å². The Kier molecular flexibility index (Phi) is 7.09. The van der Waals surface area contributed by atoms with Gasteiger partial charge in [0.1, 0.15) is 6.10 Å². The molecule has 0 radical (unpaired) electrons. The number of aliphatic hydroxyl groups is 1. The second kappa shape index (κ2) is 10.5. The fraction of sp³-hybridized carbons (Fsp3) is 0.571. The number of benzene rings is 2. The number of carbonyl (C=O) groups excluding carboxylic acids is 1. The summed E-state index contributed by atoms with van der Waals surface area (Å²) in [5.41, 5.74) is 0.105. The molecule has 5 atom stereocenters. The van der Waals surface area contributed by atoms with Crippen molar-refractivity contribution in [2.75, 3.05) is 26.7 Å². The average Bonchev–Trinajstić information content (AvgIpc) is 3.73. The number of methoxy groups -OCH3 is 1. The maximum absolute atomic E-state index is 14.0. The highest BCUT2D eigenvalue weighted by Gasteiger charge is 2.73. The second-order valence-corrected chi connectivity index (χ2v) is 13.9. The van der Waals surface area contributed by atoms with Crippen LogP contribution in [0.4, 0.5) is 13.2 Å². The molecule has 7 rings (SSSR count). The minimum absolute atomic E-state index is 0.0224. The number of hydrogen-bond acceptors (Lipinski definition) is 5. The second-order valence-electron chi connectivity index (χ2n) is 13.9. The number of hydrogen-bond donors (Lipinski definition) is 1. The van der Waals surface area contributed by atoms with Gasteiger partial charge in [0.25, 0.3) is 0 Å². The molecule has 3 aliphatic carbocycles. The smallest absolute Gasteiger partial charge is 0.416 e.